The smallest absolute Gasteiger partial charge is 0.406 e. The highest BCUT2D eigenvalue weighted by Gasteiger charge is 2.31. The molecule has 0 fully saturated rings. The number of alkyl halides is 3. The summed E-state index contributed by atoms with van der Waals surface area (Å²) in [7, 11) is 0. The second-order valence-electron chi connectivity index (χ2n) is 5.70. The van der Waals surface area contributed by atoms with E-state index < -0.39 is 6.36 Å². The highest BCUT2D eigenvalue weighted by atomic mass is 19.4. The molecule has 0 unspecified atom stereocenters. The predicted molar refractivity (Wildman–Crippen MR) is 97.0 cm³/mol. The molecule has 1 N–H and O–H groups in total. The summed E-state index contributed by atoms with van der Waals surface area (Å²) in [6.45, 7) is 0. The number of fused-ring (bicyclic) bond motifs is 1. The number of rotatable bonds is 4. The largest absolute Gasteiger partial charge is 0.573 e. The Morgan fingerprint density at radius 2 is 1.79 bits per heavy atom. The lowest BCUT2D eigenvalue weighted by atomic mass is 10.2. The zero-order valence-corrected chi connectivity index (χ0v) is 14.2. The molecule has 0 aliphatic heterocycles. The molecule has 0 amide bonds. The van der Waals surface area contributed by atoms with E-state index in [1.54, 1.807) is 6.07 Å². The molecule has 28 heavy (non-hydrogen) atoms. The molecule has 0 bridgehead atoms. The molecular formula is C19H12F3N5O. The number of halogens is 3. The van der Waals surface area contributed by atoms with Crippen molar-refractivity contribution in [2.75, 3.05) is 5.32 Å². The Bertz CT molecular complexity index is 1120. The zero-order valence-electron chi connectivity index (χ0n) is 14.2. The van der Waals surface area contributed by atoms with E-state index in [0.717, 1.165) is 0 Å². The van der Waals surface area contributed by atoms with Crippen LogP contribution < -0.4 is 10.1 Å². The van der Waals surface area contributed by atoms with Crippen molar-refractivity contribution in [3.8, 4) is 17.3 Å². The topological polar surface area (TPSA) is 72.8 Å². The second kappa shape index (κ2) is 7.10. The van der Waals surface area contributed by atoms with Gasteiger partial charge in [-0.3, -0.25) is 4.98 Å². The summed E-state index contributed by atoms with van der Waals surface area (Å²) in [6.07, 6.45) is -0.167. The summed E-state index contributed by atoms with van der Waals surface area (Å²) in [6, 6.07) is 12.8. The van der Waals surface area contributed by atoms with Gasteiger partial charge >= 0.3 is 6.36 Å². The minimum Gasteiger partial charge on any atom is -0.406 e. The van der Waals surface area contributed by atoms with Gasteiger partial charge in [0.15, 0.2) is 5.82 Å². The van der Waals surface area contributed by atoms with Gasteiger partial charge in [-0.05, 0) is 24.3 Å². The molecule has 6 nitrogen and oxygen atoms in total. The lowest BCUT2D eigenvalue weighted by Gasteiger charge is -2.13. The lowest BCUT2D eigenvalue weighted by Crippen LogP contribution is -2.17. The Morgan fingerprint density at radius 1 is 0.929 bits per heavy atom. The number of nitrogens with zero attached hydrogens (tertiary/aromatic N) is 4. The minimum atomic E-state index is -4.76. The maximum absolute atomic E-state index is 12.5. The molecule has 0 spiro atoms. The van der Waals surface area contributed by atoms with E-state index in [1.165, 1.54) is 36.8 Å². The fraction of sp³-hybridized carbons (Fsp3) is 0.0526. The molecular weight excluding hydrogens is 371 g/mol. The van der Waals surface area contributed by atoms with E-state index in [9.17, 15) is 13.2 Å². The molecule has 0 aliphatic carbocycles. The molecule has 140 valence electrons. The number of nitrogens with one attached hydrogen (secondary N) is 1. The Labute approximate surface area is 157 Å². The third kappa shape index (κ3) is 3.98. The lowest BCUT2D eigenvalue weighted by molar-refractivity contribution is -0.274. The number of hydrogen-bond acceptors (Lipinski definition) is 6. The summed E-state index contributed by atoms with van der Waals surface area (Å²) < 4.78 is 41.4. The molecule has 2 aromatic heterocycles. The van der Waals surface area contributed by atoms with Crippen molar-refractivity contribution in [2.24, 2.45) is 0 Å². The number of benzene rings is 2. The maximum Gasteiger partial charge on any atom is 0.573 e. The fourth-order valence-corrected chi connectivity index (χ4v) is 2.61. The molecule has 2 heterocycles. The van der Waals surface area contributed by atoms with Crippen molar-refractivity contribution in [2.45, 2.75) is 6.36 Å². The molecule has 0 saturated heterocycles. The molecule has 4 rings (SSSR count). The summed E-state index contributed by atoms with van der Waals surface area (Å²) >= 11 is 0. The third-order valence-corrected chi connectivity index (χ3v) is 3.73. The average molecular weight is 383 g/mol. The van der Waals surface area contributed by atoms with Crippen LogP contribution in [0.2, 0.25) is 0 Å². The van der Waals surface area contributed by atoms with E-state index in [-0.39, 0.29) is 5.75 Å². The average Bonchev–Trinajstić information content (AvgIpc) is 2.67. The minimum absolute atomic E-state index is 0.329. The van der Waals surface area contributed by atoms with E-state index >= 15 is 0 Å². The van der Waals surface area contributed by atoms with Crippen LogP contribution in [0.1, 0.15) is 0 Å². The van der Waals surface area contributed by atoms with E-state index in [1.807, 2.05) is 24.3 Å². The first-order valence-corrected chi connectivity index (χ1v) is 8.14. The summed E-state index contributed by atoms with van der Waals surface area (Å²) in [5.41, 5.74) is 1.52. The van der Waals surface area contributed by atoms with Crippen LogP contribution in [0.5, 0.6) is 5.75 Å². The maximum atomic E-state index is 12.5. The molecule has 9 heteroatoms. The number of ether oxygens (including phenoxy) is 1. The van der Waals surface area contributed by atoms with Crippen LogP contribution in [0, 0.1) is 0 Å². The standard InChI is InChI=1S/C19H12F3N5O/c20-19(21,22)28-13-5-3-4-12(10-13)25-17-14-6-1-2-7-15(14)26-18(27-17)16-11-23-8-9-24-16/h1-11H,(H,25,26,27). The third-order valence-electron chi connectivity index (χ3n) is 3.73. The van der Waals surface area contributed by atoms with Gasteiger partial charge in [0, 0.05) is 29.5 Å². The first-order chi connectivity index (χ1) is 13.5. The van der Waals surface area contributed by atoms with Gasteiger partial charge in [-0.15, -0.1) is 13.2 Å². The number of hydrogen-bond donors (Lipinski definition) is 1. The van der Waals surface area contributed by atoms with Gasteiger partial charge in [0.25, 0.3) is 0 Å². The number of aromatic nitrogens is 4. The van der Waals surface area contributed by atoms with Crippen LogP contribution in [-0.2, 0) is 0 Å². The Hall–Kier alpha value is -3.75. The van der Waals surface area contributed by atoms with Gasteiger partial charge in [-0.1, -0.05) is 18.2 Å². The highest BCUT2D eigenvalue weighted by Crippen LogP contribution is 2.29. The van der Waals surface area contributed by atoms with Gasteiger partial charge in [0.05, 0.1) is 11.7 Å². The van der Waals surface area contributed by atoms with Gasteiger partial charge < -0.3 is 10.1 Å². The van der Waals surface area contributed by atoms with E-state index in [0.29, 0.717) is 33.9 Å². The SMILES string of the molecule is FC(F)(F)Oc1cccc(Nc2nc(-c3cnccn3)nc3ccccc23)c1. The Balaban J connectivity index is 1.75. The Morgan fingerprint density at radius 3 is 2.57 bits per heavy atom. The van der Waals surface area contributed by atoms with Crippen LogP contribution in [0.25, 0.3) is 22.4 Å². The van der Waals surface area contributed by atoms with Crippen molar-refractivity contribution in [3.05, 3.63) is 67.1 Å². The van der Waals surface area contributed by atoms with E-state index in [2.05, 4.69) is 30.0 Å². The highest BCUT2D eigenvalue weighted by molar-refractivity contribution is 5.92. The van der Waals surface area contributed by atoms with Crippen molar-refractivity contribution in [3.63, 3.8) is 0 Å². The molecule has 2 aromatic carbocycles. The normalized spacial score (nSPS) is 11.4. The predicted octanol–water partition coefficient (Wildman–Crippen LogP) is 4.73. The first-order valence-electron chi connectivity index (χ1n) is 8.14. The van der Waals surface area contributed by atoms with Gasteiger partial charge in [0.1, 0.15) is 17.3 Å². The van der Waals surface area contributed by atoms with Crippen molar-refractivity contribution >= 4 is 22.4 Å². The van der Waals surface area contributed by atoms with Gasteiger partial charge in [-0.25, -0.2) is 15.0 Å². The second-order valence-corrected chi connectivity index (χ2v) is 5.70. The molecule has 0 aliphatic rings. The quantitative estimate of drug-likeness (QED) is 0.549. The van der Waals surface area contributed by atoms with Crippen molar-refractivity contribution < 1.29 is 17.9 Å². The van der Waals surface area contributed by atoms with Gasteiger partial charge in [-0.2, -0.15) is 0 Å². The number of anilines is 2. The van der Waals surface area contributed by atoms with Crippen LogP contribution in [0.15, 0.2) is 67.1 Å². The molecule has 0 atom stereocenters. The molecule has 0 radical (unpaired) electrons. The monoisotopic (exact) mass is 383 g/mol. The van der Waals surface area contributed by atoms with Crippen LogP contribution in [0.3, 0.4) is 0 Å². The van der Waals surface area contributed by atoms with E-state index in [4.69, 9.17) is 0 Å². The summed E-state index contributed by atoms with van der Waals surface area (Å²) in [5, 5.41) is 3.74. The molecule has 4 aromatic rings. The number of para-hydroxylation sites is 1. The van der Waals surface area contributed by atoms with Crippen molar-refractivity contribution in [1.29, 1.82) is 0 Å². The summed E-state index contributed by atoms with van der Waals surface area (Å²) in [4.78, 5) is 17.2. The summed E-state index contributed by atoms with van der Waals surface area (Å²) in [5.74, 6) is 0.442. The van der Waals surface area contributed by atoms with Crippen LogP contribution >= 0.6 is 0 Å². The van der Waals surface area contributed by atoms with Crippen LogP contribution in [0.4, 0.5) is 24.7 Å². The molecule has 0 saturated carbocycles. The first kappa shape index (κ1) is 17.7. The van der Waals surface area contributed by atoms with Crippen molar-refractivity contribution in [1.82, 2.24) is 19.9 Å². The zero-order chi connectivity index (χ0) is 19.6. The fourth-order valence-electron chi connectivity index (χ4n) is 2.61. The van der Waals surface area contributed by atoms with Crippen LogP contribution in [-0.4, -0.2) is 26.3 Å². The van der Waals surface area contributed by atoms with Gasteiger partial charge in [0.2, 0.25) is 0 Å². The Kier molecular flexibility index (Phi) is 4.48.